The number of hydrogen-bond donors (Lipinski definition) is 0. The predicted molar refractivity (Wildman–Crippen MR) is 42.4 cm³/mol. The molecule has 0 aromatic rings. The molecule has 0 rings (SSSR count). The van der Waals surface area contributed by atoms with Crippen LogP contribution in [0.4, 0.5) is 0 Å². The largest absolute Gasteiger partial charge is 0.197 e. The van der Waals surface area contributed by atoms with Gasteiger partial charge < -0.3 is 0 Å². The fourth-order valence-corrected chi connectivity index (χ4v) is 0.616. The van der Waals surface area contributed by atoms with Gasteiger partial charge in [-0.05, 0) is 12.3 Å². The standard InChI is InChI=1S/C7H12BrN/c1-4-7(8,5-9)6(2)3/h6H,4H2,1-3H3. The SMILES string of the molecule is CCC(Br)(C#N)C(C)C. The lowest BCUT2D eigenvalue weighted by molar-refractivity contribution is 0.517. The van der Waals surface area contributed by atoms with Gasteiger partial charge in [-0.1, -0.05) is 36.7 Å². The second-order valence-electron chi connectivity index (χ2n) is 2.48. The summed E-state index contributed by atoms with van der Waals surface area (Å²) in [6.45, 7) is 6.10. The molecule has 0 aromatic carbocycles. The van der Waals surface area contributed by atoms with Crippen molar-refractivity contribution in [1.29, 1.82) is 5.26 Å². The Bertz CT molecular complexity index is 125. The number of hydrogen-bond acceptors (Lipinski definition) is 1. The minimum absolute atomic E-state index is 0.299. The fourth-order valence-electron chi connectivity index (χ4n) is 0.616. The van der Waals surface area contributed by atoms with Crippen LogP contribution in [-0.4, -0.2) is 4.32 Å². The van der Waals surface area contributed by atoms with Crippen LogP contribution in [-0.2, 0) is 0 Å². The van der Waals surface area contributed by atoms with Crippen LogP contribution in [0.25, 0.3) is 0 Å². The zero-order chi connectivity index (χ0) is 7.49. The average Bonchev–Trinajstić information content (AvgIpc) is 1.86. The summed E-state index contributed by atoms with van der Waals surface area (Å²) in [4.78, 5) is 0. The first-order chi connectivity index (χ1) is 4.06. The zero-order valence-corrected chi connectivity index (χ0v) is 7.70. The first-order valence-electron chi connectivity index (χ1n) is 3.17. The van der Waals surface area contributed by atoms with E-state index in [1.807, 2.05) is 20.8 Å². The Morgan fingerprint density at radius 1 is 1.67 bits per heavy atom. The summed E-state index contributed by atoms with van der Waals surface area (Å²) in [5.74, 6) is 0.382. The van der Waals surface area contributed by atoms with E-state index in [1.165, 1.54) is 0 Å². The third kappa shape index (κ3) is 1.98. The van der Waals surface area contributed by atoms with Crippen molar-refractivity contribution in [3.63, 3.8) is 0 Å². The van der Waals surface area contributed by atoms with Crippen molar-refractivity contribution in [1.82, 2.24) is 0 Å². The summed E-state index contributed by atoms with van der Waals surface area (Å²) in [7, 11) is 0. The molecule has 0 N–H and O–H groups in total. The van der Waals surface area contributed by atoms with Crippen molar-refractivity contribution in [2.24, 2.45) is 5.92 Å². The molecular formula is C7H12BrN. The van der Waals surface area contributed by atoms with Gasteiger partial charge >= 0.3 is 0 Å². The summed E-state index contributed by atoms with van der Waals surface area (Å²) < 4.78 is -0.299. The van der Waals surface area contributed by atoms with Crippen LogP contribution in [0.3, 0.4) is 0 Å². The monoisotopic (exact) mass is 189 g/mol. The molecule has 0 spiro atoms. The molecule has 0 amide bonds. The summed E-state index contributed by atoms with van der Waals surface area (Å²) in [6.07, 6.45) is 0.862. The molecule has 0 saturated carbocycles. The van der Waals surface area contributed by atoms with E-state index in [4.69, 9.17) is 5.26 Å². The molecule has 52 valence electrons. The number of halogens is 1. The third-order valence-electron chi connectivity index (χ3n) is 1.62. The molecule has 1 nitrogen and oxygen atoms in total. The maximum absolute atomic E-state index is 8.66. The molecule has 0 aliphatic rings. The highest BCUT2D eigenvalue weighted by molar-refractivity contribution is 9.10. The first kappa shape index (κ1) is 8.97. The molecule has 0 aromatic heterocycles. The van der Waals surface area contributed by atoms with Gasteiger partial charge in [0.2, 0.25) is 0 Å². The minimum atomic E-state index is -0.299. The lowest BCUT2D eigenvalue weighted by atomic mass is 9.95. The van der Waals surface area contributed by atoms with Crippen molar-refractivity contribution in [2.45, 2.75) is 31.5 Å². The van der Waals surface area contributed by atoms with Crippen LogP contribution >= 0.6 is 15.9 Å². The van der Waals surface area contributed by atoms with E-state index in [9.17, 15) is 0 Å². The number of nitrogens with zero attached hydrogens (tertiary/aromatic N) is 1. The second kappa shape index (κ2) is 3.22. The fraction of sp³-hybridized carbons (Fsp3) is 0.857. The van der Waals surface area contributed by atoms with E-state index < -0.39 is 0 Å². The normalized spacial score (nSPS) is 16.9. The predicted octanol–water partition coefficient (Wildman–Crippen LogP) is 2.71. The molecule has 9 heavy (non-hydrogen) atoms. The lowest BCUT2D eigenvalue weighted by Crippen LogP contribution is -2.23. The van der Waals surface area contributed by atoms with Gasteiger partial charge in [-0.15, -0.1) is 0 Å². The Labute approximate surface area is 65.2 Å². The molecule has 0 aliphatic carbocycles. The van der Waals surface area contributed by atoms with Crippen molar-refractivity contribution >= 4 is 15.9 Å². The molecule has 0 saturated heterocycles. The van der Waals surface area contributed by atoms with Crippen molar-refractivity contribution in [3.8, 4) is 6.07 Å². The molecule has 0 fully saturated rings. The third-order valence-corrected chi connectivity index (χ3v) is 3.27. The van der Waals surface area contributed by atoms with E-state index in [1.54, 1.807) is 0 Å². The van der Waals surface area contributed by atoms with Gasteiger partial charge in [-0.3, -0.25) is 0 Å². The Morgan fingerprint density at radius 2 is 2.11 bits per heavy atom. The van der Waals surface area contributed by atoms with Gasteiger partial charge in [0.15, 0.2) is 0 Å². The van der Waals surface area contributed by atoms with Crippen molar-refractivity contribution in [2.75, 3.05) is 0 Å². The number of nitriles is 1. The van der Waals surface area contributed by atoms with Crippen molar-refractivity contribution < 1.29 is 0 Å². The Morgan fingerprint density at radius 3 is 2.11 bits per heavy atom. The van der Waals surface area contributed by atoms with Gasteiger partial charge in [0, 0.05) is 0 Å². The quantitative estimate of drug-likeness (QED) is 0.614. The van der Waals surface area contributed by atoms with E-state index in [2.05, 4.69) is 22.0 Å². The maximum Gasteiger partial charge on any atom is 0.114 e. The maximum atomic E-state index is 8.66. The first-order valence-corrected chi connectivity index (χ1v) is 3.96. The average molecular weight is 190 g/mol. The smallest absolute Gasteiger partial charge is 0.114 e. The zero-order valence-electron chi connectivity index (χ0n) is 6.11. The molecule has 1 atom stereocenters. The van der Waals surface area contributed by atoms with Crippen LogP contribution in [0.2, 0.25) is 0 Å². The van der Waals surface area contributed by atoms with Crippen LogP contribution in [0.5, 0.6) is 0 Å². The molecule has 2 heteroatoms. The van der Waals surface area contributed by atoms with Gasteiger partial charge in [-0.2, -0.15) is 5.26 Å². The van der Waals surface area contributed by atoms with Gasteiger partial charge in [0.05, 0.1) is 6.07 Å². The molecule has 0 heterocycles. The second-order valence-corrected chi connectivity index (χ2v) is 3.90. The van der Waals surface area contributed by atoms with Gasteiger partial charge in [0.1, 0.15) is 4.32 Å². The summed E-state index contributed by atoms with van der Waals surface area (Å²) >= 11 is 3.39. The molecule has 0 aliphatic heterocycles. The number of rotatable bonds is 2. The van der Waals surface area contributed by atoms with Crippen LogP contribution < -0.4 is 0 Å². The molecule has 0 bridgehead atoms. The topological polar surface area (TPSA) is 23.8 Å². The van der Waals surface area contributed by atoms with E-state index >= 15 is 0 Å². The number of alkyl halides is 1. The molecular weight excluding hydrogens is 178 g/mol. The van der Waals surface area contributed by atoms with E-state index in [-0.39, 0.29) is 4.32 Å². The Kier molecular flexibility index (Phi) is 3.21. The lowest BCUT2D eigenvalue weighted by Gasteiger charge is -2.20. The highest BCUT2D eigenvalue weighted by atomic mass is 79.9. The summed E-state index contributed by atoms with van der Waals surface area (Å²) in [6, 6.07) is 2.24. The summed E-state index contributed by atoms with van der Waals surface area (Å²) in [5, 5.41) is 8.66. The highest BCUT2D eigenvalue weighted by Gasteiger charge is 2.27. The van der Waals surface area contributed by atoms with Crippen LogP contribution in [0.1, 0.15) is 27.2 Å². The van der Waals surface area contributed by atoms with Crippen molar-refractivity contribution in [3.05, 3.63) is 0 Å². The van der Waals surface area contributed by atoms with E-state index in [0.717, 1.165) is 6.42 Å². The molecule has 0 radical (unpaired) electrons. The van der Waals surface area contributed by atoms with Crippen LogP contribution in [0.15, 0.2) is 0 Å². The van der Waals surface area contributed by atoms with Gasteiger partial charge in [-0.25, -0.2) is 0 Å². The molecule has 1 unspecified atom stereocenters. The highest BCUT2D eigenvalue weighted by Crippen LogP contribution is 2.29. The minimum Gasteiger partial charge on any atom is -0.197 e. The van der Waals surface area contributed by atoms with Crippen LogP contribution in [0, 0.1) is 17.2 Å². The summed E-state index contributed by atoms with van der Waals surface area (Å²) in [5.41, 5.74) is 0. The van der Waals surface area contributed by atoms with Gasteiger partial charge in [0.25, 0.3) is 0 Å². The van der Waals surface area contributed by atoms with E-state index in [0.29, 0.717) is 5.92 Å². The Hall–Kier alpha value is -0.0300. The Balaban J connectivity index is 4.14.